The second-order valence-corrected chi connectivity index (χ2v) is 2.96. The first kappa shape index (κ1) is 10.6. The van der Waals surface area contributed by atoms with Gasteiger partial charge in [-0.05, 0) is 24.1 Å². The summed E-state index contributed by atoms with van der Waals surface area (Å²) in [6, 6.07) is 3.35. The maximum Gasteiger partial charge on any atom is 0.161 e. The van der Waals surface area contributed by atoms with Crippen molar-refractivity contribution in [2.45, 2.75) is 13.0 Å². The van der Waals surface area contributed by atoms with Gasteiger partial charge in [0.2, 0.25) is 0 Å². The minimum absolute atomic E-state index is 0.0687. The first-order chi connectivity index (χ1) is 6.72. The van der Waals surface area contributed by atoms with Crippen LogP contribution >= 0.6 is 0 Å². The third-order valence-corrected chi connectivity index (χ3v) is 1.98. The predicted octanol–water partition coefficient (Wildman–Crippen LogP) is 1.62. The summed E-state index contributed by atoms with van der Waals surface area (Å²) in [4.78, 5) is 0. The lowest BCUT2D eigenvalue weighted by Crippen LogP contribution is -1.93. The molecule has 0 saturated carbocycles. The van der Waals surface area contributed by atoms with Gasteiger partial charge < -0.3 is 14.9 Å². The third-order valence-electron chi connectivity index (χ3n) is 1.98. The molecule has 0 aromatic heterocycles. The normalized spacial score (nSPS) is 9.86. The summed E-state index contributed by atoms with van der Waals surface area (Å²) >= 11 is 0. The van der Waals surface area contributed by atoms with Crippen molar-refractivity contribution in [3.63, 3.8) is 0 Å². The quantitative estimate of drug-likeness (QED) is 0.716. The summed E-state index contributed by atoms with van der Waals surface area (Å²) in [5.41, 5.74) is 1.43. The molecule has 3 heteroatoms. The zero-order chi connectivity index (χ0) is 10.6. The number of benzene rings is 1. The maximum absolute atomic E-state index is 9.69. The van der Waals surface area contributed by atoms with Crippen LogP contribution in [0.3, 0.4) is 0 Å². The first-order valence-corrected chi connectivity index (χ1v) is 4.33. The van der Waals surface area contributed by atoms with Gasteiger partial charge in [0.05, 0.1) is 13.7 Å². The molecular formula is C11H14O3. The Morgan fingerprint density at radius 3 is 2.71 bits per heavy atom. The highest BCUT2D eigenvalue weighted by Crippen LogP contribution is 2.31. The molecule has 1 rings (SSSR count). The Balaban J connectivity index is 3.19. The van der Waals surface area contributed by atoms with Crippen LogP contribution in [0, 0.1) is 0 Å². The number of allylic oxidation sites excluding steroid dienone is 1. The van der Waals surface area contributed by atoms with Crippen LogP contribution in [0.4, 0.5) is 0 Å². The molecular weight excluding hydrogens is 180 g/mol. The van der Waals surface area contributed by atoms with E-state index < -0.39 is 0 Å². The molecule has 1 aromatic rings. The lowest BCUT2D eigenvalue weighted by Gasteiger charge is -2.09. The van der Waals surface area contributed by atoms with E-state index >= 15 is 0 Å². The summed E-state index contributed by atoms with van der Waals surface area (Å²) in [5, 5.41) is 18.7. The fourth-order valence-electron chi connectivity index (χ4n) is 1.29. The molecule has 0 aliphatic carbocycles. The van der Waals surface area contributed by atoms with Crippen molar-refractivity contribution in [1.82, 2.24) is 0 Å². The van der Waals surface area contributed by atoms with E-state index in [9.17, 15) is 5.11 Å². The van der Waals surface area contributed by atoms with Gasteiger partial charge in [-0.2, -0.15) is 0 Å². The van der Waals surface area contributed by atoms with E-state index in [0.29, 0.717) is 17.7 Å². The molecule has 0 heterocycles. The molecule has 0 fully saturated rings. The zero-order valence-corrected chi connectivity index (χ0v) is 8.16. The Hall–Kier alpha value is -1.48. The molecule has 2 N–H and O–H groups in total. The van der Waals surface area contributed by atoms with Crippen LogP contribution in [0.1, 0.15) is 11.1 Å². The van der Waals surface area contributed by atoms with Crippen LogP contribution < -0.4 is 4.74 Å². The average Bonchev–Trinajstić information content (AvgIpc) is 2.21. The van der Waals surface area contributed by atoms with Crippen molar-refractivity contribution < 1.29 is 14.9 Å². The van der Waals surface area contributed by atoms with E-state index in [-0.39, 0.29) is 12.4 Å². The molecule has 0 aliphatic heterocycles. The number of aliphatic hydroxyl groups excluding tert-OH is 1. The monoisotopic (exact) mass is 194 g/mol. The Kier molecular flexibility index (Phi) is 3.54. The van der Waals surface area contributed by atoms with E-state index in [4.69, 9.17) is 9.84 Å². The van der Waals surface area contributed by atoms with Crippen molar-refractivity contribution in [1.29, 1.82) is 0 Å². The number of hydrogen-bond acceptors (Lipinski definition) is 3. The number of phenols is 1. The zero-order valence-electron chi connectivity index (χ0n) is 8.16. The van der Waals surface area contributed by atoms with Crippen LogP contribution in [-0.2, 0) is 13.0 Å². The number of methoxy groups -OCH3 is 1. The summed E-state index contributed by atoms with van der Waals surface area (Å²) in [6.45, 7) is 3.52. The average molecular weight is 194 g/mol. The molecule has 3 nitrogen and oxygen atoms in total. The Labute approximate surface area is 83.3 Å². The van der Waals surface area contributed by atoms with Crippen molar-refractivity contribution in [3.05, 3.63) is 35.9 Å². The molecule has 0 atom stereocenters. The van der Waals surface area contributed by atoms with Gasteiger partial charge in [0, 0.05) is 5.56 Å². The standard InChI is InChI=1S/C11H14O3/c1-3-4-9-5-8(7-12)6-10(14-2)11(9)13/h3,5-6,12-13H,1,4,7H2,2H3. The molecule has 0 saturated heterocycles. The van der Waals surface area contributed by atoms with Crippen LogP contribution in [0.2, 0.25) is 0 Å². The van der Waals surface area contributed by atoms with E-state index in [2.05, 4.69) is 6.58 Å². The highest BCUT2D eigenvalue weighted by molar-refractivity contribution is 5.49. The smallest absolute Gasteiger partial charge is 0.161 e. The van der Waals surface area contributed by atoms with Gasteiger partial charge in [-0.15, -0.1) is 6.58 Å². The molecule has 0 spiro atoms. The van der Waals surface area contributed by atoms with Crippen molar-refractivity contribution in [2.75, 3.05) is 7.11 Å². The minimum Gasteiger partial charge on any atom is -0.504 e. The second-order valence-electron chi connectivity index (χ2n) is 2.96. The first-order valence-electron chi connectivity index (χ1n) is 4.33. The number of aromatic hydroxyl groups is 1. The molecule has 0 radical (unpaired) electrons. The highest BCUT2D eigenvalue weighted by atomic mass is 16.5. The summed E-state index contributed by atoms with van der Waals surface area (Å²) in [7, 11) is 1.48. The lowest BCUT2D eigenvalue weighted by molar-refractivity contribution is 0.280. The predicted molar refractivity (Wildman–Crippen MR) is 54.5 cm³/mol. The van der Waals surface area contributed by atoms with Gasteiger partial charge in [0.25, 0.3) is 0 Å². The Morgan fingerprint density at radius 2 is 2.21 bits per heavy atom. The van der Waals surface area contributed by atoms with Crippen molar-refractivity contribution in [2.24, 2.45) is 0 Å². The van der Waals surface area contributed by atoms with Crippen LogP contribution in [0.5, 0.6) is 11.5 Å². The van der Waals surface area contributed by atoms with E-state index in [1.165, 1.54) is 7.11 Å². The van der Waals surface area contributed by atoms with Crippen molar-refractivity contribution >= 4 is 0 Å². The van der Waals surface area contributed by atoms with Crippen molar-refractivity contribution in [3.8, 4) is 11.5 Å². The number of phenolic OH excluding ortho intramolecular Hbond substituents is 1. The molecule has 0 amide bonds. The summed E-state index contributed by atoms with van der Waals surface area (Å²) < 4.78 is 4.98. The largest absolute Gasteiger partial charge is 0.504 e. The fraction of sp³-hybridized carbons (Fsp3) is 0.273. The number of aliphatic hydroxyl groups is 1. The fourth-order valence-corrected chi connectivity index (χ4v) is 1.29. The van der Waals surface area contributed by atoms with Gasteiger partial charge in [-0.1, -0.05) is 6.08 Å². The molecule has 0 aliphatic rings. The second kappa shape index (κ2) is 4.67. The molecule has 76 valence electrons. The van der Waals surface area contributed by atoms with Crippen LogP contribution in [-0.4, -0.2) is 17.3 Å². The Morgan fingerprint density at radius 1 is 1.50 bits per heavy atom. The number of ether oxygens (including phenoxy) is 1. The van der Waals surface area contributed by atoms with Gasteiger partial charge >= 0.3 is 0 Å². The SMILES string of the molecule is C=CCc1cc(CO)cc(OC)c1O. The van der Waals surface area contributed by atoms with Crippen LogP contribution in [0.25, 0.3) is 0 Å². The van der Waals surface area contributed by atoms with Gasteiger partial charge in [-0.3, -0.25) is 0 Å². The lowest BCUT2D eigenvalue weighted by atomic mass is 10.1. The number of rotatable bonds is 4. The minimum atomic E-state index is -0.0687. The number of hydrogen-bond donors (Lipinski definition) is 2. The van der Waals surface area contributed by atoms with Gasteiger partial charge in [0.1, 0.15) is 0 Å². The Bertz CT molecular complexity index is 332. The summed E-state index contributed by atoms with van der Waals surface area (Å²) in [5.74, 6) is 0.498. The highest BCUT2D eigenvalue weighted by Gasteiger charge is 2.08. The topological polar surface area (TPSA) is 49.7 Å². The molecule has 14 heavy (non-hydrogen) atoms. The molecule has 1 aromatic carbocycles. The van der Waals surface area contributed by atoms with Crippen LogP contribution in [0.15, 0.2) is 24.8 Å². The molecule has 0 unspecified atom stereocenters. The van der Waals surface area contributed by atoms with E-state index in [1.54, 1.807) is 18.2 Å². The maximum atomic E-state index is 9.69. The van der Waals surface area contributed by atoms with E-state index in [0.717, 1.165) is 5.56 Å². The third kappa shape index (κ3) is 2.06. The van der Waals surface area contributed by atoms with Gasteiger partial charge in [0.15, 0.2) is 11.5 Å². The van der Waals surface area contributed by atoms with E-state index in [1.807, 2.05) is 0 Å². The molecule has 0 bridgehead atoms. The van der Waals surface area contributed by atoms with Gasteiger partial charge in [-0.25, -0.2) is 0 Å². The summed E-state index contributed by atoms with van der Waals surface area (Å²) in [6.07, 6.45) is 2.24.